The molecule has 0 spiro atoms. The molecule has 2 aromatic carbocycles. The molecule has 2 heterocycles. The van der Waals surface area contributed by atoms with Gasteiger partial charge in [0, 0.05) is 16.8 Å². The van der Waals surface area contributed by atoms with Crippen LogP contribution in [0.2, 0.25) is 0 Å². The molecule has 0 saturated carbocycles. The van der Waals surface area contributed by atoms with Gasteiger partial charge in [0.2, 0.25) is 11.8 Å². The average Bonchev–Trinajstić information content (AvgIpc) is 3.12. The first-order valence-corrected chi connectivity index (χ1v) is 9.50. The summed E-state index contributed by atoms with van der Waals surface area (Å²) in [6.07, 6.45) is 0. The molecule has 0 radical (unpaired) electrons. The van der Waals surface area contributed by atoms with Gasteiger partial charge in [-0.25, -0.2) is 0 Å². The van der Waals surface area contributed by atoms with Gasteiger partial charge >= 0.3 is 0 Å². The summed E-state index contributed by atoms with van der Waals surface area (Å²) in [5.74, 6) is 1.55. The van der Waals surface area contributed by atoms with Gasteiger partial charge in [-0.15, -0.1) is 5.10 Å². The molecule has 1 atom stereocenters. The molecule has 30 heavy (non-hydrogen) atoms. The van der Waals surface area contributed by atoms with E-state index in [1.54, 1.807) is 7.11 Å². The Balaban J connectivity index is 1.72. The molecule has 7 heteroatoms. The summed E-state index contributed by atoms with van der Waals surface area (Å²) < 4.78 is 17.0. The molecule has 0 bridgehead atoms. The van der Waals surface area contributed by atoms with Crippen LogP contribution in [-0.4, -0.2) is 17.3 Å². The van der Waals surface area contributed by atoms with Gasteiger partial charge in [-0.05, 0) is 43.7 Å². The second-order valence-electron chi connectivity index (χ2n) is 7.17. The minimum Gasteiger partial charge on any atom is -0.496 e. The average molecular weight is 402 g/mol. The summed E-state index contributed by atoms with van der Waals surface area (Å²) in [6, 6.07) is 15.8. The second kappa shape index (κ2) is 7.84. The number of methoxy groups -OCH3 is 1. The summed E-state index contributed by atoms with van der Waals surface area (Å²) in [4.78, 5) is 0. The Morgan fingerprint density at radius 2 is 1.97 bits per heavy atom. The first kappa shape index (κ1) is 19.4. The number of aryl methyl sites for hydroxylation is 2. The lowest BCUT2D eigenvalue weighted by atomic mass is 9.83. The number of rotatable bonds is 5. The molecule has 1 aliphatic rings. The number of aromatic nitrogens is 2. The molecule has 3 aromatic rings. The van der Waals surface area contributed by atoms with Crippen LogP contribution in [0.5, 0.6) is 17.4 Å². The largest absolute Gasteiger partial charge is 0.496 e. The number of allylic oxidation sites excluding steroid dienone is 1. The van der Waals surface area contributed by atoms with E-state index in [1.807, 2.05) is 56.3 Å². The lowest BCUT2D eigenvalue weighted by Gasteiger charge is -2.24. The number of benzene rings is 2. The highest BCUT2D eigenvalue weighted by Crippen LogP contribution is 2.43. The summed E-state index contributed by atoms with van der Waals surface area (Å²) in [5.41, 5.74) is 10.9. The van der Waals surface area contributed by atoms with Crippen molar-refractivity contribution in [3.8, 4) is 23.4 Å². The van der Waals surface area contributed by atoms with Crippen molar-refractivity contribution in [1.29, 1.82) is 5.26 Å². The molecule has 0 fully saturated rings. The Morgan fingerprint density at radius 3 is 2.67 bits per heavy atom. The number of hydrogen-bond donors (Lipinski definition) is 2. The third-order valence-corrected chi connectivity index (χ3v) is 5.18. The van der Waals surface area contributed by atoms with Gasteiger partial charge in [0.15, 0.2) is 0 Å². The zero-order valence-corrected chi connectivity index (χ0v) is 17.0. The van der Waals surface area contributed by atoms with Crippen LogP contribution in [0.3, 0.4) is 0 Å². The van der Waals surface area contributed by atoms with E-state index in [1.165, 1.54) is 5.56 Å². The van der Waals surface area contributed by atoms with Crippen molar-refractivity contribution >= 4 is 0 Å². The van der Waals surface area contributed by atoms with Crippen molar-refractivity contribution < 1.29 is 14.2 Å². The predicted octanol–water partition coefficient (Wildman–Crippen LogP) is 3.83. The van der Waals surface area contributed by atoms with Gasteiger partial charge in [0.25, 0.3) is 0 Å². The molecule has 3 N–H and O–H groups in total. The minimum absolute atomic E-state index is 0.0646. The highest BCUT2D eigenvalue weighted by atomic mass is 16.5. The molecule has 7 nitrogen and oxygen atoms in total. The van der Waals surface area contributed by atoms with E-state index in [-0.39, 0.29) is 11.8 Å². The summed E-state index contributed by atoms with van der Waals surface area (Å²) in [6.45, 7) is 4.24. The monoisotopic (exact) mass is 402 g/mol. The molecular weight excluding hydrogens is 380 g/mol. The Morgan fingerprint density at radius 1 is 1.20 bits per heavy atom. The van der Waals surface area contributed by atoms with E-state index in [2.05, 4.69) is 16.3 Å². The van der Waals surface area contributed by atoms with Gasteiger partial charge in [0.1, 0.15) is 29.7 Å². The number of nitrogens with one attached hydrogen (secondary N) is 1. The maximum atomic E-state index is 9.74. The number of aromatic amines is 1. The van der Waals surface area contributed by atoms with Crippen LogP contribution in [0.25, 0.3) is 0 Å². The van der Waals surface area contributed by atoms with E-state index in [9.17, 15) is 5.26 Å². The fourth-order valence-corrected chi connectivity index (χ4v) is 3.62. The Bertz CT molecular complexity index is 1160. The van der Waals surface area contributed by atoms with E-state index >= 15 is 0 Å². The molecule has 1 aliphatic heterocycles. The van der Waals surface area contributed by atoms with Crippen LogP contribution >= 0.6 is 0 Å². The van der Waals surface area contributed by atoms with Gasteiger partial charge < -0.3 is 19.9 Å². The van der Waals surface area contributed by atoms with Gasteiger partial charge in [-0.3, -0.25) is 5.10 Å². The van der Waals surface area contributed by atoms with Crippen molar-refractivity contribution in [3.05, 3.63) is 81.9 Å². The number of H-pyrrole nitrogens is 1. The van der Waals surface area contributed by atoms with Crippen molar-refractivity contribution in [2.45, 2.75) is 26.4 Å². The predicted molar refractivity (Wildman–Crippen MR) is 111 cm³/mol. The first-order chi connectivity index (χ1) is 14.5. The molecule has 4 rings (SSSR count). The zero-order valence-electron chi connectivity index (χ0n) is 17.0. The quantitative estimate of drug-likeness (QED) is 0.672. The highest BCUT2D eigenvalue weighted by molar-refractivity contribution is 5.56. The van der Waals surface area contributed by atoms with Crippen LogP contribution in [0.1, 0.15) is 33.9 Å². The van der Waals surface area contributed by atoms with Crippen molar-refractivity contribution in [2.75, 3.05) is 7.11 Å². The standard InChI is InChI=1S/C23H22N4O3/c1-13-4-7-17(8-5-13)29-12-16-10-15(6-9-19(16)28-3)21-18(11-24)22(25)30-23-20(21)14(2)26-27-23/h4-10,21H,12,25H2,1-3H3,(H,26,27). The third kappa shape index (κ3) is 3.44. The maximum absolute atomic E-state index is 9.74. The Labute approximate surface area is 174 Å². The smallest absolute Gasteiger partial charge is 0.244 e. The minimum atomic E-state index is -0.387. The summed E-state index contributed by atoms with van der Waals surface area (Å²) in [7, 11) is 1.62. The highest BCUT2D eigenvalue weighted by Gasteiger charge is 2.34. The Hall–Kier alpha value is -3.92. The van der Waals surface area contributed by atoms with Crippen LogP contribution in [0.15, 0.2) is 53.9 Å². The Kier molecular flexibility index (Phi) is 5.07. The van der Waals surface area contributed by atoms with Gasteiger partial charge in [0.05, 0.1) is 13.0 Å². The van der Waals surface area contributed by atoms with E-state index < -0.39 is 0 Å². The third-order valence-electron chi connectivity index (χ3n) is 5.18. The van der Waals surface area contributed by atoms with Crippen LogP contribution in [-0.2, 0) is 6.61 Å². The fourth-order valence-electron chi connectivity index (χ4n) is 3.62. The topological polar surface area (TPSA) is 106 Å². The fraction of sp³-hybridized carbons (Fsp3) is 0.217. The van der Waals surface area contributed by atoms with E-state index in [0.29, 0.717) is 23.8 Å². The van der Waals surface area contributed by atoms with Crippen LogP contribution < -0.4 is 19.9 Å². The molecule has 1 aromatic heterocycles. The van der Waals surface area contributed by atoms with Crippen LogP contribution in [0, 0.1) is 25.2 Å². The summed E-state index contributed by atoms with van der Waals surface area (Å²) in [5, 5.41) is 16.8. The molecule has 0 aliphatic carbocycles. The zero-order chi connectivity index (χ0) is 21.3. The van der Waals surface area contributed by atoms with Crippen molar-refractivity contribution in [2.24, 2.45) is 5.73 Å². The molecule has 152 valence electrons. The number of nitriles is 1. The number of hydrogen-bond acceptors (Lipinski definition) is 6. The SMILES string of the molecule is COc1ccc(C2C(C#N)=C(N)Oc3n[nH]c(C)c32)cc1COc1ccc(C)cc1. The van der Waals surface area contributed by atoms with Crippen molar-refractivity contribution in [3.63, 3.8) is 0 Å². The number of ether oxygens (including phenoxy) is 3. The maximum Gasteiger partial charge on any atom is 0.244 e. The van der Waals surface area contributed by atoms with Gasteiger partial charge in [-0.1, -0.05) is 23.8 Å². The number of fused-ring (bicyclic) bond motifs is 1. The molecule has 0 amide bonds. The summed E-state index contributed by atoms with van der Waals surface area (Å²) >= 11 is 0. The van der Waals surface area contributed by atoms with Gasteiger partial charge in [-0.2, -0.15) is 5.26 Å². The lowest BCUT2D eigenvalue weighted by molar-refractivity contribution is 0.296. The second-order valence-corrected chi connectivity index (χ2v) is 7.17. The van der Waals surface area contributed by atoms with Crippen molar-refractivity contribution in [1.82, 2.24) is 10.2 Å². The van der Waals surface area contributed by atoms with E-state index in [0.717, 1.165) is 28.1 Å². The molecular formula is C23H22N4O3. The number of nitrogens with zero attached hydrogens (tertiary/aromatic N) is 2. The number of nitrogens with two attached hydrogens (primary N) is 1. The lowest BCUT2D eigenvalue weighted by Crippen LogP contribution is -2.21. The van der Waals surface area contributed by atoms with E-state index in [4.69, 9.17) is 19.9 Å². The van der Waals surface area contributed by atoms with Crippen LogP contribution in [0.4, 0.5) is 0 Å². The molecule has 0 saturated heterocycles. The normalized spacial score (nSPS) is 15.2. The first-order valence-electron chi connectivity index (χ1n) is 9.50. The molecule has 1 unspecified atom stereocenters.